The van der Waals surface area contributed by atoms with Crippen LogP contribution in [0.3, 0.4) is 0 Å². The molecule has 2 N–H and O–H groups in total. The second kappa shape index (κ2) is 11.6. The molecule has 144 valence electrons. The molecule has 1 aromatic carbocycles. The topological polar surface area (TPSA) is 56.7 Å². The zero-order valence-electron chi connectivity index (χ0n) is 16.4. The second-order valence-electron chi connectivity index (χ2n) is 6.97. The Kier molecular flexibility index (Phi) is 9.01. The number of aliphatic imine (C=N–C) groups is 1. The molecule has 0 bridgehead atoms. The Balaban J connectivity index is 1.72. The highest BCUT2D eigenvalue weighted by molar-refractivity contribution is 5.79. The first-order valence-corrected chi connectivity index (χ1v) is 10.0. The molecule has 0 aromatic heterocycles. The van der Waals surface area contributed by atoms with Gasteiger partial charge in [-0.3, -0.25) is 9.79 Å². The Morgan fingerprint density at radius 2 is 2.12 bits per heavy atom. The van der Waals surface area contributed by atoms with E-state index < -0.39 is 0 Å². The molecule has 0 radical (unpaired) electrons. The van der Waals surface area contributed by atoms with Crippen LogP contribution in [0.4, 0.5) is 0 Å². The number of nitrogens with zero attached hydrogens (tertiary/aromatic N) is 2. The monoisotopic (exact) mass is 358 g/mol. The third-order valence-corrected chi connectivity index (χ3v) is 4.66. The van der Waals surface area contributed by atoms with Crippen LogP contribution in [0.2, 0.25) is 0 Å². The minimum absolute atomic E-state index is 0.315. The molecule has 5 nitrogen and oxygen atoms in total. The minimum Gasteiger partial charge on any atom is -0.357 e. The molecule has 0 saturated carbocycles. The first kappa shape index (κ1) is 20.3. The maximum absolute atomic E-state index is 12.0. The Morgan fingerprint density at radius 3 is 2.92 bits per heavy atom. The van der Waals surface area contributed by atoms with Gasteiger partial charge in [0.1, 0.15) is 0 Å². The summed E-state index contributed by atoms with van der Waals surface area (Å²) in [6, 6.07) is 8.62. The fourth-order valence-corrected chi connectivity index (χ4v) is 3.26. The van der Waals surface area contributed by atoms with E-state index in [4.69, 9.17) is 0 Å². The lowest BCUT2D eigenvalue weighted by molar-refractivity contribution is -0.130. The Morgan fingerprint density at radius 1 is 1.23 bits per heavy atom. The summed E-state index contributed by atoms with van der Waals surface area (Å²) in [5, 5.41) is 6.70. The number of nitrogens with one attached hydrogen (secondary N) is 2. The molecule has 0 aliphatic carbocycles. The number of likely N-dealkylation sites (tertiary alicyclic amines) is 1. The molecule has 1 aliphatic heterocycles. The van der Waals surface area contributed by atoms with E-state index in [0.29, 0.717) is 12.3 Å². The highest BCUT2D eigenvalue weighted by atomic mass is 16.2. The molecule has 0 unspecified atom stereocenters. The van der Waals surface area contributed by atoms with E-state index >= 15 is 0 Å². The van der Waals surface area contributed by atoms with Crippen molar-refractivity contribution in [2.24, 2.45) is 4.99 Å². The minimum atomic E-state index is 0.315. The Bertz CT molecular complexity index is 585. The molecule has 2 rings (SSSR count). The van der Waals surface area contributed by atoms with E-state index in [1.165, 1.54) is 17.5 Å². The molecule has 1 heterocycles. The van der Waals surface area contributed by atoms with Gasteiger partial charge in [-0.25, -0.2) is 0 Å². The molecule has 1 saturated heterocycles. The first-order valence-electron chi connectivity index (χ1n) is 10.0. The molecular weight excluding hydrogens is 324 g/mol. The Hall–Kier alpha value is -2.04. The van der Waals surface area contributed by atoms with E-state index in [2.05, 4.69) is 53.7 Å². The lowest BCUT2D eigenvalue weighted by atomic mass is 10.1. The summed E-state index contributed by atoms with van der Waals surface area (Å²) in [6.07, 6.45) is 5.97. The standard InChI is InChI=1S/C21H34N4O/c1-3-22-21(24-14-12-19-10-7-9-18(2)17-19)23-13-8-16-25-15-6-4-5-11-20(25)26/h7,9-10,17H,3-6,8,11-16H2,1-2H3,(H2,22,23,24). The summed E-state index contributed by atoms with van der Waals surface area (Å²) in [4.78, 5) is 18.7. The molecule has 0 atom stereocenters. The van der Waals surface area contributed by atoms with Gasteiger partial charge in [0.2, 0.25) is 5.91 Å². The number of amides is 1. The van der Waals surface area contributed by atoms with Gasteiger partial charge in [-0.05, 0) is 45.1 Å². The number of hydrogen-bond acceptors (Lipinski definition) is 2. The molecule has 1 fully saturated rings. The SMILES string of the molecule is CCNC(=NCCCN1CCCCCC1=O)NCCc1cccc(C)c1. The number of carbonyl (C=O) groups excluding carboxylic acids is 1. The van der Waals surface area contributed by atoms with Gasteiger partial charge in [0.05, 0.1) is 0 Å². The van der Waals surface area contributed by atoms with Gasteiger partial charge in [0.25, 0.3) is 0 Å². The number of aryl methyl sites for hydroxylation is 1. The second-order valence-corrected chi connectivity index (χ2v) is 6.97. The van der Waals surface area contributed by atoms with E-state index in [9.17, 15) is 4.79 Å². The first-order chi connectivity index (χ1) is 12.7. The van der Waals surface area contributed by atoms with Crippen molar-refractivity contribution in [3.8, 4) is 0 Å². The molecule has 1 aliphatic rings. The smallest absolute Gasteiger partial charge is 0.222 e. The van der Waals surface area contributed by atoms with E-state index in [0.717, 1.165) is 64.4 Å². The van der Waals surface area contributed by atoms with Gasteiger partial charge < -0.3 is 15.5 Å². The van der Waals surface area contributed by atoms with E-state index in [1.807, 2.05) is 4.90 Å². The van der Waals surface area contributed by atoms with Crippen LogP contribution in [-0.4, -0.2) is 49.5 Å². The molecule has 1 aromatic rings. The van der Waals surface area contributed by atoms with Crippen molar-refractivity contribution in [3.05, 3.63) is 35.4 Å². The van der Waals surface area contributed by atoms with Crippen molar-refractivity contribution in [1.82, 2.24) is 15.5 Å². The number of hydrogen-bond donors (Lipinski definition) is 2. The summed E-state index contributed by atoms with van der Waals surface area (Å²) < 4.78 is 0. The van der Waals surface area contributed by atoms with Crippen molar-refractivity contribution in [2.75, 3.05) is 32.7 Å². The van der Waals surface area contributed by atoms with Gasteiger partial charge in [-0.1, -0.05) is 36.2 Å². The van der Waals surface area contributed by atoms with Gasteiger partial charge in [0, 0.05) is 39.1 Å². The summed E-state index contributed by atoms with van der Waals surface area (Å²) in [5.74, 6) is 1.18. The molecule has 26 heavy (non-hydrogen) atoms. The fourth-order valence-electron chi connectivity index (χ4n) is 3.26. The van der Waals surface area contributed by atoms with Crippen LogP contribution in [0, 0.1) is 6.92 Å². The van der Waals surface area contributed by atoms with Crippen molar-refractivity contribution in [3.63, 3.8) is 0 Å². The predicted molar refractivity (Wildman–Crippen MR) is 109 cm³/mol. The van der Waals surface area contributed by atoms with Crippen molar-refractivity contribution in [1.29, 1.82) is 0 Å². The van der Waals surface area contributed by atoms with Gasteiger partial charge in [-0.15, -0.1) is 0 Å². The highest BCUT2D eigenvalue weighted by Gasteiger charge is 2.15. The van der Waals surface area contributed by atoms with Crippen LogP contribution in [0.1, 0.15) is 50.2 Å². The van der Waals surface area contributed by atoms with Crippen LogP contribution in [-0.2, 0) is 11.2 Å². The summed E-state index contributed by atoms with van der Waals surface area (Å²) >= 11 is 0. The van der Waals surface area contributed by atoms with Crippen LogP contribution in [0.25, 0.3) is 0 Å². The summed E-state index contributed by atoms with van der Waals surface area (Å²) in [6.45, 7) is 8.39. The number of carbonyl (C=O) groups is 1. The quantitative estimate of drug-likeness (QED) is 0.427. The third kappa shape index (κ3) is 7.46. The van der Waals surface area contributed by atoms with Crippen LogP contribution in [0.15, 0.2) is 29.3 Å². The number of rotatable bonds is 8. The summed E-state index contributed by atoms with van der Waals surface area (Å²) in [7, 11) is 0. The maximum Gasteiger partial charge on any atom is 0.222 e. The molecule has 0 spiro atoms. The lowest BCUT2D eigenvalue weighted by Gasteiger charge is -2.20. The van der Waals surface area contributed by atoms with Crippen molar-refractivity contribution >= 4 is 11.9 Å². The van der Waals surface area contributed by atoms with Gasteiger partial charge >= 0.3 is 0 Å². The van der Waals surface area contributed by atoms with Gasteiger partial charge in [0.15, 0.2) is 5.96 Å². The zero-order valence-corrected chi connectivity index (χ0v) is 16.4. The normalized spacial score (nSPS) is 15.7. The van der Waals surface area contributed by atoms with Gasteiger partial charge in [-0.2, -0.15) is 0 Å². The number of guanidine groups is 1. The molecular formula is C21H34N4O. The molecule has 5 heteroatoms. The lowest BCUT2D eigenvalue weighted by Crippen LogP contribution is -2.38. The average Bonchev–Trinajstić information content (AvgIpc) is 2.83. The Labute approximate surface area is 158 Å². The van der Waals surface area contributed by atoms with Crippen LogP contribution >= 0.6 is 0 Å². The van der Waals surface area contributed by atoms with Crippen molar-refractivity contribution in [2.45, 2.75) is 52.4 Å². The highest BCUT2D eigenvalue weighted by Crippen LogP contribution is 2.11. The average molecular weight is 359 g/mol. The van der Waals surface area contributed by atoms with Crippen LogP contribution < -0.4 is 10.6 Å². The van der Waals surface area contributed by atoms with Crippen molar-refractivity contribution < 1.29 is 4.79 Å². The van der Waals surface area contributed by atoms with E-state index in [-0.39, 0.29) is 0 Å². The molecule has 1 amide bonds. The third-order valence-electron chi connectivity index (χ3n) is 4.66. The predicted octanol–water partition coefficient (Wildman–Crippen LogP) is 2.89. The van der Waals surface area contributed by atoms with Crippen LogP contribution in [0.5, 0.6) is 0 Å². The largest absolute Gasteiger partial charge is 0.357 e. The fraction of sp³-hybridized carbons (Fsp3) is 0.619. The van der Waals surface area contributed by atoms with E-state index in [1.54, 1.807) is 0 Å². The summed E-state index contributed by atoms with van der Waals surface area (Å²) in [5.41, 5.74) is 2.64. The maximum atomic E-state index is 12.0. The number of benzene rings is 1. The zero-order chi connectivity index (χ0) is 18.6.